The summed E-state index contributed by atoms with van der Waals surface area (Å²) in [5.74, 6) is 0. The molecule has 0 rings (SSSR count). The molecule has 1 N–H and O–H groups in total. The molecule has 0 aliphatic carbocycles. The van der Waals surface area contributed by atoms with Gasteiger partial charge in [-0.25, -0.2) is 0 Å². The lowest BCUT2D eigenvalue weighted by atomic mass is 10.5. The highest BCUT2D eigenvalue weighted by Gasteiger charge is 1.87. The Bertz CT molecular complexity index is 35.1. The molecule has 1 radical (unpaired) electrons. The van der Waals surface area contributed by atoms with Crippen molar-refractivity contribution in [3.63, 3.8) is 0 Å². The number of hydrogen-bond donors (Lipinski definition) is 1. The van der Waals surface area contributed by atoms with E-state index in [0.29, 0.717) is 6.61 Å². The van der Waals surface area contributed by atoms with E-state index in [4.69, 9.17) is 9.84 Å². The Morgan fingerprint density at radius 1 is 1.86 bits per heavy atom. The molecule has 0 heterocycles. The highest BCUT2D eigenvalue weighted by Crippen LogP contribution is 1.83. The smallest absolute Gasteiger partial charge is 0.0701 e. The molecule has 2 heteroatoms. The fraction of sp³-hybridized carbons (Fsp3) is 0.800. The average molecular weight is 103 g/mol. The Morgan fingerprint density at radius 3 is 2.57 bits per heavy atom. The molecule has 0 spiro atoms. The number of ether oxygens (including phenoxy) is 1. The van der Waals surface area contributed by atoms with Gasteiger partial charge in [-0.3, -0.25) is 0 Å². The van der Waals surface area contributed by atoms with E-state index in [1.54, 1.807) is 0 Å². The zero-order valence-corrected chi connectivity index (χ0v) is 4.55. The fourth-order valence-electron chi connectivity index (χ4n) is 0.254. The molecular weight excluding hydrogens is 92.1 g/mol. The third-order valence-corrected chi connectivity index (χ3v) is 0.494. The summed E-state index contributed by atoms with van der Waals surface area (Å²) in [6.07, 6.45) is -0.00727. The molecule has 1 unspecified atom stereocenters. The van der Waals surface area contributed by atoms with E-state index in [9.17, 15) is 0 Å². The monoisotopic (exact) mass is 103 g/mol. The van der Waals surface area contributed by atoms with E-state index in [1.807, 2.05) is 6.92 Å². The van der Waals surface area contributed by atoms with Crippen molar-refractivity contribution in [2.24, 2.45) is 0 Å². The second-order valence-corrected chi connectivity index (χ2v) is 1.41. The first-order valence-electron chi connectivity index (χ1n) is 2.33. The van der Waals surface area contributed by atoms with E-state index in [0.717, 1.165) is 0 Å². The maximum Gasteiger partial charge on any atom is 0.0701 e. The molecule has 1 atom stereocenters. The molecular formula is C5H11O2. The van der Waals surface area contributed by atoms with Crippen LogP contribution in [0, 0.1) is 6.92 Å². The summed E-state index contributed by atoms with van der Waals surface area (Å²) in [6, 6.07) is 0. The van der Waals surface area contributed by atoms with Gasteiger partial charge in [-0.1, -0.05) is 0 Å². The minimum absolute atomic E-state index is 0.00727. The molecule has 0 saturated carbocycles. The molecule has 2 nitrogen and oxygen atoms in total. The highest BCUT2D eigenvalue weighted by molar-refractivity contribution is 4.47. The van der Waals surface area contributed by atoms with Gasteiger partial charge in [0.2, 0.25) is 0 Å². The zero-order valence-electron chi connectivity index (χ0n) is 4.55. The van der Waals surface area contributed by atoms with Gasteiger partial charge in [0, 0.05) is 0 Å². The van der Waals surface area contributed by atoms with Crippen molar-refractivity contribution in [2.75, 3.05) is 13.2 Å². The van der Waals surface area contributed by atoms with Crippen molar-refractivity contribution >= 4 is 0 Å². The van der Waals surface area contributed by atoms with Crippen molar-refractivity contribution in [2.45, 2.75) is 13.0 Å². The Labute approximate surface area is 44.1 Å². The molecule has 0 bridgehead atoms. The molecule has 0 saturated heterocycles. The number of rotatable bonds is 3. The molecule has 0 amide bonds. The van der Waals surface area contributed by atoms with Crippen molar-refractivity contribution in [1.82, 2.24) is 0 Å². The molecule has 7 heavy (non-hydrogen) atoms. The van der Waals surface area contributed by atoms with Crippen LogP contribution in [0.15, 0.2) is 0 Å². The van der Waals surface area contributed by atoms with Crippen molar-refractivity contribution in [3.05, 3.63) is 6.92 Å². The predicted octanol–water partition coefficient (Wildman–Crippen LogP) is 0.218. The van der Waals surface area contributed by atoms with Crippen LogP contribution in [0.4, 0.5) is 0 Å². The van der Waals surface area contributed by atoms with Crippen molar-refractivity contribution in [3.8, 4) is 0 Å². The molecule has 0 aliphatic heterocycles. The molecule has 0 aromatic carbocycles. The van der Waals surface area contributed by atoms with E-state index >= 15 is 0 Å². The number of hydrogen-bond acceptors (Lipinski definition) is 2. The van der Waals surface area contributed by atoms with Gasteiger partial charge in [0.1, 0.15) is 0 Å². The Balaban J connectivity index is 2.68. The SMILES string of the molecule is [CH2]C(C)OCCO. The van der Waals surface area contributed by atoms with Crippen LogP contribution in [0.5, 0.6) is 0 Å². The van der Waals surface area contributed by atoms with Crippen LogP contribution in [-0.4, -0.2) is 24.4 Å². The molecule has 43 valence electrons. The lowest BCUT2D eigenvalue weighted by Gasteiger charge is -2.02. The minimum Gasteiger partial charge on any atom is -0.394 e. The minimum atomic E-state index is -0.00727. The Hall–Kier alpha value is -0.0800. The molecule has 0 aromatic heterocycles. The zero-order chi connectivity index (χ0) is 5.70. The summed E-state index contributed by atoms with van der Waals surface area (Å²) in [6.45, 7) is 5.85. The highest BCUT2D eigenvalue weighted by atomic mass is 16.5. The van der Waals surface area contributed by atoms with Crippen LogP contribution in [-0.2, 0) is 4.74 Å². The molecule has 0 aromatic rings. The van der Waals surface area contributed by atoms with Crippen molar-refractivity contribution < 1.29 is 9.84 Å². The average Bonchev–Trinajstić information content (AvgIpc) is 1.61. The second kappa shape index (κ2) is 4.09. The first-order valence-corrected chi connectivity index (χ1v) is 2.33. The predicted molar refractivity (Wildman–Crippen MR) is 27.9 cm³/mol. The van der Waals surface area contributed by atoms with E-state index in [1.165, 1.54) is 0 Å². The van der Waals surface area contributed by atoms with Gasteiger partial charge in [-0.2, -0.15) is 0 Å². The lowest BCUT2D eigenvalue weighted by Crippen LogP contribution is -2.06. The quantitative estimate of drug-likeness (QED) is 0.553. The van der Waals surface area contributed by atoms with Crippen LogP contribution in [0.3, 0.4) is 0 Å². The summed E-state index contributed by atoms with van der Waals surface area (Å²) >= 11 is 0. The first kappa shape index (κ1) is 6.92. The van der Waals surface area contributed by atoms with Gasteiger partial charge in [0.05, 0.1) is 19.3 Å². The number of aliphatic hydroxyl groups is 1. The third-order valence-electron chi connectivity index (χ3n) is 0.494. The standard InChI is InChI=1S/C5H11O2/c1-5(2)7-4-3-6/h5-6H,1,3-4H2,2H3. The Morgan fingerprint density at radius 2 is 2.43 bits per heavy atom. The largest absolute Gasteiger partial charge is 0.394 e. The van der Waals surface area contributed by atoms with Gasteiger partial charge in [-0.15, -0.1) is 0 Å². The maximum atomic E-state index is 8.16. The normalized spacial score (nSPS) is 10.3. The van der Waals surface area contributed by atoms with Crippen molar-refractivity contribution in [1.29, 1.82) is 0 Å². The maximum absolute atomic E-state index is 8.16. The lowest BCUT2D eigenvalue weighted by molar-refractivity contribution is 0.0627. The summed E-state index contributed by atoms with van der Waals surface area (Å²) < 4.78 is 4.83. The van der Waals surface area contributed by atoms with Gasteiger partial charge < -0.3 is 9.84 Å². The van der Waals surface area contributed by atoms with E-state index < -0.39 is 0 Å². The molecule has 0 aliphatic rings. The van der Waals surface area contributed by atoms with Gasteiger partial charge in [0.15, 0.2) is 0 Å². The topological polar surface area (TPSA) is 29.5 Å². The number of aliphatic hydroxyl groups excluding tert-OH is 1. The van der Waals surface area contributed by atoms with Gasteiger partial charge in [-0.05, 0) is 13.8 Å². The third kappa shape index (κ3) is 5.92. The van der Waals surface area contributed by atoms with E-state index in [-0.39, 0.29) is 12.7 Å². The fourth-order valence-corrected chi connectivity index (χ4v) is 0.254. The van der Waals surface area contributed by atoms with E-state index in [2.05, 4.69) is 6.92 Å². The van der Waals surface area contributed by atoms with Crippen LogP contribution in [0.25, 0.3) is 0 Å². The second-order valence-electron chi connectivity index (χ2n) is 1.41. The van der Waals surface area contributed by atoms with Crippen LogP contribution in [0.1, 0.15) is 6.92 Å². The van der Waals surface area contributed by atoms with Crippen LogP contribution < -0.4 is 0 Å². The summed E-state index contributed by atoms with van der Waals surface area (Å²) in [5, 5.41) is 8.16. The van der Waals surface area contributed by atoms with Gasteiger partial charge in [0.25, 0.3) is 0 Å². The summed E-state index contributed by atoms with van der Waals surface area (Å²) in [7, 11) is 0. The summed E-state index contributed by atoms with van der Waals surface area (Å²) in [5.41, 5.74) is 0. The Kier molecular flexibility index (Phi) is 4.04. The summed E-state index contributed by atoms with van der Waals surface area (Å²) in [4.78, 5) is 0. The first-order chi connectivity index (χ1) is 3.27. The van der Waals surface area contributed by atoms with Crippen LogP contribution >= 0.6 is 0 Å². The molecule has 0 fully saturated rings. The van der Waals surface area contributed by atoms with Crippen LogP contribution in [0.2, 0.25) is 0 Å². The van der Waals surface area contributed by atoms with Gasteiger partial charge >= 0.3 is 0 Å².